The van der Waals surface area contributed by atoms with Gasteiger partial charge in [-0.3, -0.25) is 9.58 Å². The number of carbonyl (C=O) groups excluding carboxylic acids is 1. The summed E-state index contributed by atoms with van der Waals surface area (Å²) >= 11 is 0. The Kier molecular flexibility index (Phi) is 4.91. The maximum atomic E-state index is 12.4. The van der Waals surface area contributed by atoms with Crippen molar-refractivity contribution in [1.82, 2.24) is 34.4 Å². The third-order valence-corrected chi connectivity index (χ3v) is 6.14. The molecule has 2 aliphatic heterocycles. The molecule has 2 amide bonds. The third-order valence-electron chi connectivity index (χ3n) is 6.14. The van der Waals surface area contributed by atoms with Gasteiger partial charge in [0, 0.05) is 51.0 Å². The van der Waals surface area contributed by atoms with Crippen LogP contribution in [0.2, 0.25) is 0 Å². The van der Waals surface area contributed by atoms with Crippen LogP contribution in [0.4, 0.5) is 4.79 Å². The van der Waals surface area contributed by atoms with Gasteiger partial charge in [-0.1, -0.05) is 6.92 Å². The standard InChI is InChI=1S/C20H31N7O/c1-5-26-10-11-27-17(16-12-22-24(4)14-16)13-21-18(27)20(26)6-8-25(9-7-20)19(28)23-15(2)3/h12-15H,5-11H2,1-4H3,(H,23,28). The van der Waals surface area contributed by atoms with Crippen LogP contribution in [0.5, 0.6) is 0 Å². The number of rotatable bonds is 3. The molecule has 0 aliphatic carbocycles. The van der Waals surface area contributed by atoms with Crippen molar-refractivity contribution < 1.29 is 4.79 Å². The molecule has 2 aromatic heterocycles. The number of amides is 2. The molecule has 0 saturated carbocycles. The number of aryl methyl sites for hydroxylation is 1. The summed E-state index contributed by atoms with van der Waals surface area (Å²) in [7, 11) is 1.94. The number of piperidine rings is 1. The Morgan fingerprint density at radius 3 is 2.57 bits per heavy atom. The van der Waals surface area contributed by atoms with Crippen molar-refractivity contribution >= 4 is 6.03 Å². The predicted molar refractivity (Wildman–Crippen MR) is 108 cm³/mol. The first kappa shape index (κ1) is 19.0. The maximum Gasteiger partial charge on any atom is 0.317 e. The Morgan fingerprint density at radius 2 is 1.96 bits per heavy atom. The molecule has 8 nitrogen and oxygen atoms in total. The number of nitrogens with zero attached hydrogens (tertiary/aromatic N) is 6. The molecule has 0 bridgehead atoms. The molecule has 1 spiro atoms. The van der Waals surface area contributed by atoms with E-state index in [0.717, 1.165) is 62.6 Å². The summed E-state index contributed by atoms with van der Waals surface area (Å²) in [5.41, 5.74) is 2.15. The van der Waals surface area contributed by atoms with Crippen molar-refractivity contribution in [3.8, 4) is 11.3 Å². The Morgan fingerprint density at radius 1 is 1.21 bits per heavy atom. The second-order valence-electron chi connectivity index (χ2n) is 8.22. The van der Waals surface area contributed by atoms with E-state index in [1.165, 1.54) is 0 Å². The summed E-state index contributed by atoms with van der Waals surface area (Å²) in [4.78, 5) is 21.8. The van der Waals surface area contributed by atoms with Crippen LogP contribution < -0.4 is 5.32 Å². The first-order valence-corrected chi connectivity index (χ1v) is 10.3. The minimum absolute atomic E-state index is 0.0445. The highest BCUT2D eigenvalue weighted by Gasteiger charge is 2.47. The average Bonchev–Trinajstić information content (AvgIpc) is 3.28. The predicted octanol–water partition coefficient (Wildman–Crippen LogP) is 2.03. The molecule has 152 valence electrons. The number of fused-ring (bicyclic) bond motifs is 2. The lowest BCUT2D eigenvalue weighted by Crippen LogP contribution is -2.59. The lowest BCUT2D eigenvalue weighted by Gasteiger charge is -2.50. The van der Waals surface area contributed by atoms with Gasteiger partial charge in [0.25, 0.3) is 0 Å². The van der Waals surface area contributed by atoms with E-state index in [0.29, 0.717) is 0 Å². The van der Waals surface area contributed by atoms with Crippen LogP contribution in [0.25, 0.3) is 11.3 Å². The van der Waals surface area contributed by atoms with E-state index in [1.807, 2.05) is 49.1 Å². The molecule has 8 heteroatoms. The average molecular weight is 386 g/mol. The van der Waals surface area contributed by atoms with E-state index < -0.39 is 0 Å². The van der Waals surface area contributed by atoms with Crippen LogP contribution in [-0.4, -0.2) is 67.4 Å². The van der Waals surface area contributed by atoms with Crippen molar-refractivity contribution in [2.24, 2.45) is 7.05 Å². The van der Waals surface area contributed by atoms with Gasteiger partial charge in [-0.05, 0) is 33.2 Å². The molecule has 2 aliphatic rings. The highest BCUT2D eigenvalue weighted by Crippen LogP contribution is 2.42. The van der Waals surface area contributed by atoms with E-state index in [1.54, 1.807) is 0 Å². The number of aromatic nitrogens is 4. The minimum atomic E-state index is -0.0952. The molecular formula is C20H31N7O. The van der Waals surface area contributed by atoms with Gasteiger partial charge in [-0.25, -0.2) is 9.78 Å². The number of likely N-dealkylation sites (tertiary alicyclic amines) is 1. The van der Waals surface area contributed by atoms with Gasteiger partial charge in [0.2, 0.25) is 0 Å². The van der Waals surface area contributed by atoms with Crippen LogP contribution in [0.3, 0.4) is 0 Å². The summed E-state index contributed by atoms with van der Waals surface area (Å²) < 4.78 is 4.20. The van der Waals surface area contributed by atoms with Crippen molar-refractivity contribution in [3.05, 3.63) is 24.4 Å². The molecule has 4 rings (SSSR count). The van der Waals surface area contributed by atoms with E-state index in [-0.39, 0.29) is 17.6 Å². The lowest BCUT2D eigenvalue weighted by atomic mass is 9.83. The van der Waals surface area contributed by atoms with E-state index >= 15 is 0 Å². The Bertz CT molecular complexity index is 845. The van der Waals surface area contributed by atoms with Gasteiger partial charge in [-0.2, -0.15) is 5.10 Å². The zero-order valence-electron chi connectivity index (χ0n) is 17.4. The molecule has 1 fully saturated rings. The second-order valence-corrected chi connectivity index (χ2v) is 8.22. The smallest absolute Gasteiger partial charge is 0.317 e. The monoisotopic (exact) mass is 385 g/mol. The summed E-state index contributed by atoms with van der Waals surface area (Å²) in [5.74, 6) is 1.14. The normalized spacial score (nSPS) is 19.2. The van der Waals surface area contributed by atoms with Crippen molar-refractivity contribution in [1.29, 1.82) is 0 Å². The number of urea groups is 1. The number of likely N-dealkylation sites (N-methyl/N-ethyl adjacent to an activating group) is 1. The molecular weight excluding hydrogens is 354 g/mol. The topological polar surface area (TPSA) is 71.2 Å². The number of carbonyl (C=O) groups is 1. The number of hydrogen-bond donors (Lipinski definition) is 1. The van der Waals surface area contributed by atoms with Gasteiger partial charge in [0.05, 0.1) is 23.6 Å². The van der Waals surface area contributed by atoms with Gasteiger partial charge >= 0.3 is 6.03 Å². The van der Waals surface area contributed by atoms with E-state index in [9.17, 15) is 4.79 Å². The van der Waals surface area contributed by atoms with Crippen LogP contribution >= 0.6 is 0 Å². The molecule has 1 N–H and O–H groups in total. The van der Waals surface area contributed by atoms with Crippen molar-refractivity contribution in [2.45, 2.75) is 51.7 Å². The molecule has 0 radical (unpaired) electrons. The molecule has 1 saturated heterocycles. The zero-order valence-corrected chi connectivity index (χ0v) is 17.4. The second kappa shape index (κ2) is 7.24. The fourth-order valence-electron chi connectivity index (χ4n) is 4.75. The summed E-state index contributed by atoms with van der Waals surface area (Å²) in [6.07, 6.45) is 7.76. The van der Waals surface area contributed by atoms with Gasteiger partial charge in [-0.15, -0.1) is 0 Å². The molecule has 28 heavy (non-hydrogen) atoms. The Labute approximate surface area is 166 Å². The highest BCUT2D eigenvalue weighted by molar-refractivity contribution is 5.74. The van der Waals surface area contributed by atoms with Crippen molar-refractivity contribution in [3.63, 3.8) is 0 Å². The first-order chi connectivity index (χ1) is 13.4. The highest BCUT2D eigenvalue weighted by atomic mass is 16.2. The maximum absolute atomic E-state index is 12.4. The quantitative estimate of drug-likeness (QED) is 0.878. The number of nitrogens with one attached hydrogen (secondary N) is 1. The van der Waals surface area contributed by atoms with Crippen LogP contribution in [-0.2, 0) is 19.1 Å². The molecule has 4 heterocycles. The zero-order chi connectivity index (χ0) is 19.9. The van der Waals surface area contributed by atoms with Crippen molar-refractivity contribution in [2.75, 3.05) is 26.2 Å². The molecule has 0 unspecified atom stereocenters. The summed E-state index contributed by atoms with van der Waals surface area (Å²) in [6.45, 7) is 10.7. The molecule has 2 aromatic rings. The summed E-state index contributed by atoms with van der Waals surface area (Å²) in [5, 5.41) is 7.34. The Hall–Kier alpha value is -2.35. The fraction of sp³-hybridized carbons (Fsp3) is 0.650. The van der Waals surface area contributed by atoms with Crippen LogP contribution in [0, 0.1) is 0 Å². The summed E-state index contributed by atoms with van der Waals surface area (Å²) in [6, 6.07) is 0.203. The van der Waals surface area contributed by atoms with Gasteiger partial charge in [0.15, 0.2) is 0 Å². The fourth-order valence-corrected chi connectivity index (χ4v) is 4.75. The largest absolute Gasteiger partial charge is 0.336 e. The third kappa shape index (κ3) is 3.09. The van der Waals surface area contributed by atoms with Gasteiger partial charge < -0.3 is 14.8 Å². The SMILES string of the molecule is CCN1CCn2c(-c3cnn(C)c3)cnc2C12CCN(C(=O)NC(C)C)CC2. The van der Waals surface area contributed by atoms with Crippen LogP contribution in [0.15, 0.2) is 18.6 Å². The first-order valence-electron chi connectivity index (χ1n) is 10.3. The van der Waals surface area contributed by atoms with E-state index in [4.69, 9.17) is 4.98 Å². The number of imidazole rings is 1. The van der Waals surface area contributed by atoms with Gasteiger partial charge in [0.1, 0.15) is 5.82 Å². The van der Waals surface area contributed by atoms with E-state index in [2.05, 4.69) is 26.8 Å². The minimum Gasteiger partial charge on any atom is -0.336 e. The molecule has 0 atom stereocenters. The van der Waals surface area contributed by atoms with Crippen LogP contribution in [0.1, 0.15) is 39.4 Å². The Balaban J connectivity index is 1.63. The number of hydrogen-bond acceptors (Lipinski definition) is 4. The molecule has 0 aromatic carbocycles. The lowest BCUT2D eigenvalue weighted by molar-refractivity contribution is 0.00258.